The number of ketones is 1. The summed E-state index contributed by atoms with van der Waals surface area (Å²) < 4.78 is 5.12. The summed E-state index contributed by atoms with van der Waals surface area (Å²) in [7, 11) is 1.64. The minimum Gasteiger partial charge on any atom is -0.497 e. The van der Waals surface area contributed by atoms with Gasteiger partial charge in [0, 0.05) is 12.0 Å². The van der Waals surface area contributed by atoms with Gasteiger partial charge in [0.15, 0.2) is 5.78 Å². The lowest BCUT2D eigenvalue weighted by Crippen LogP contribution is -2.01. The molecule has 0 N–H and O–H groups in total. The van der Waals surface area contributed by atoms with E-state index < -0.39 is 0 Å². The van der Waals surface area contributed by atoms with Gasteiger partial charge < -0.3 is 4.74 Å². The largest absolute Gasteiger partial charge is 0.497 e. The molecule has 0 saturated heterocycles. The van der Waals surface area contributed by atoms with Crippen LogP contribution in [0.25, 0.3) is 0 Å². The fourth-order valence-corrected chi connectivity index (χ4v) is 1.75. The summed E-state index contributed by atoms with van der Waals surface area (Å²) in [5.74, 6) is 1.05. The molecule has 1 aromatic carbocycles. The smallest absolute Gasteiger partial charge is 0.163 e. The van der Waals surface area contributed by atoms with Gasteiger partial charge in [-0.05, 0) is 37.1 Å². The Kier molecular flexibility index (Phi) is 5.03. The van der Waals surface area contributed by atoms with Gasteiger partial charge in [0.05, 0.1) is 7.11 Å². The summed E-state index contributed by atoms with van der Waals surface area (Å²) >= 11 is 0. The van der Waals surface area contributed by atoms with Crippen molar-refractivity contribution < 1.29 is 9.53 Å². The molecule has 1 rings (SSSR count). The molecule has 1 aromatic rings. The number of hydrogen-bond acceptors (Lipinski definition) is 2. The molecule has 0 saturated carbocycles. The normalized spacial score (nSPS) is 10.2. The van der Waals surface area contributed by atoms with Crippen LogP contribution in [0.5, 0.6) is 5.75 Å². The molecule has 0 aliphatic carbocycles. The lowest BCUT2D eigenvalue weighted by Gasteiger charge is -2.07. The number of hydrogen-bond donors (Lipinski definition) is 0. The van der Waals surface area contributed by atoms with E-state index >= 15 is 0 Å². The molecule has 0 radical (unpaired) electrons. The van der Waals surface area contributed by atoms with Crippen LogP contribution in [0.1, 0.15) is 48.5 Å². The average Bonchev–Trinajstić information content (AvgIpc) is 2.29. The summed E-state index contributed by atoms with van der Waals surface area (Å²) in [5, 5.41) is 0. The van der Waals surface area contributed by atoms with E-state index in [0.717, 1.165) is 36.1 Å². The number of carbonyl (C=O) groups is 1. The Morgan fingerprint density at radius 2 is 2.06 bits per heavy atom. The number of carbonyl (C=O) groups excluding carboxylic acids is 1. The van der Waals surface area contributed by atoms with E-state index in [2.05, 4.69) is 6.92 Å². The van der Waals surface area contributed by atoms with Gasteiger partial charge in [-0.25, -0.2) is 0 Å². The van der Waals surface area contributed by atoms with Crippen LogP contribution < -0.4 is 4.74 Å². The summed E-state index contributed by atoms with van der Waals surface area (Å²) in [6.45, 7) is 4.10. The third-order valence-corrected chi connectivity index (χ3v) is 2.74. The molecule has 0 bridgehead atoms. The van der Waals surface area contributed by atoms with Crippen molar-refractivity contribution in [2.24, 2.45) is 0 Å². The van der Waals surface area contributed by atoms with Gasteiger partial charge in [0.25, 0.3) is 0 Å². The molecule has 88 valence electrons. The second-order valence-corrected chi connectivity index (χ2v) is 4.06. The van der Waals surface area contributed by atoms with Crippen LogP contribution in [0, 0.1) is 6.92 Å². The summed E-state index contributed by atoms with van der Waals surface area (Å²) in [5.41, 5.74) is 1.83. The molecule has 0 unspecified atom stereocenters. The fraction of sp³-hybridized carbons (Fsp3) is 0.500. The second kappa shape index (κ2) is 6.31. The fourth-order valence-electron chi connectivity index (χ4n) is 1.75. The number of benzene rings is 1. The number of methoxy groups -OCH3 is 1. The molecule has 2 heteroatoms. The minimum atomic E-state index is 0.244. The first-order valence-corrected chi connectivity index (χ1v) is 5.87. The Morgan fingerprint density at radius 1 is 1.31 bits per heavy atom. The van der Waals surface area contributed by atoms with Gasteiger partial charge in [-0.2, -0.15) is 0 Å². The van der Waals surface area contributed by atoms with Gasteiger partial charge in [-0.15, -0.1) is 0 Å². The Bertz CT molecular complexity index is 356. The summed E-state index contributed by atoms with van der Waals surface area (Å²) in [6.07, 6.45) is 3.91. The molecule has 0 atom stereocenters. The highest BCUT2D eigenvalue weighted by Gasteiger charge is 2.09. The molecule has 0 aromatic heterocycles. The van der Waals surface area contributed by atoms with E-state index in [1.807, 2.05) is 25.1 Å². The minimum absolute atomic E-state index is 0.244. The van der Waals surface area contributed by atoms with E-state index in [1.165, 1.54) is 0 Å². The maximum Gasteiger partial charge on any atom is 0.163 e. The molecule has 0 amide bonds. The zero-order valence-corrected chi connectivity index (χ0v) is 10.4. The molecule has 16 heavy (non-hydrogen) atoms. The molecule has 2 nitrogen and oxygen atoms in total. The molecular formula is C14H20O2. The van der Waals surface area contributed by atoms with E-state index in [1.54, 1.807) is 7.11 Å². The predicted octanol–water partition coefficient (Wildman–Crippen LogP) is 3.77. The highest BCUT2D eigenvalue weighted by Crippen LogP contribution is 2.19. The first kappa shape index (κ1) is 12.8. The van der Waals surface area contributed by atoms with Gasteiger partial charge in [0.2, 0.25) is 0 Å². The van der Waals surface area contributed by atoms with Crippen LogP contribution >= 0.6 is 0 Å². The maximum absolute atomic E-state index is 11.9. The van der Waals surface area contributed by atoms with E-state index in [-0.39, 0.29) is 5.78 Å². The molecule has 0 heterocycles. The second-order valence-electron chi connectivity index (χ2n) is 4.06. The Morgan fingerprint density at radius 3 is 2.62 bits per heavy atom. The predicted molar refractivity (Wildman–Crippen MR) is 66.2 cm³/mol. The zero-order valence-electron chi connectivity index (χ0n) is 10.4. The van der Waals surface area contributed by atoms with Gasteiger partial charge in [0.1, 0.15) is 5.75 Å². The molecule has 0 fully saturated rings. The number of unbranched alkanes of at least 4 members (excludes halogenated alkanes) is 2. The highest BCUT2D eigenvalue weighted by molar-refractivity contribution is 5.97. The lowest BCUT2D eigenvalue weighted by molar-refractivity contribution is 0.0978. The Labute approximate surface area is 97.6 Å². The van der Waals surface area contributed by atoms with Crippen molar-refractivity contribution in [2.75, 3.05) is 7.11 Å². The van der Waals surface area contributed by atoms with Gasteiger partial charge in [-0.1, -0.05) is 19.8 Å². The first-order chi connectivity index (χ1) is 7.69. The monoisotopic (exact) mass is 220 g/mol. The number of Topliss-reactive ketones (excluding diaryl/α,β-unsaturated/α-hetero) is 1. The van der Waals surface area contributed by atoms with Crippen molar-refractivity contribution in [2.45, 2.75) is 39.5 Å². The molecule has 0 aliphatic heterocycles. The third kappa shape index (κ3) is 3.37. The lowest BCUT2D eigenvalue weighted by atomic mass is 10.0. The van der Waals surface area contributed by atoms with E-state index in [0.29, 0.717) is 6.42 Å². The maximum atomic E-state index is 11.9. The Balaban J connectivity index is 2.68. The first-order valence-electron chi connectivity index (χ1n) is 5.87. The van der Waals surface area contributed by atoms with E-state index in [4.69, 9.17) is 4.74 Å². The van der Waals surface area contributed by atoms with Crippen LogP contribution in [-0.2, 0) is 0 Å². The standard InChI is InChI=1S/C14H20O2/c1-4-5-6-7-14(15)13-9-8-12(16-3)10-11(13)2/h8-10H,4-7H2,1-3H3. The summed E-state index contributed by atoms with van der Waals surface area (Å²) in [6, 6.07) is 5.62. The van der Waals surface area contributed by atoms with Crippen molar-refractivity contribution >= 4 is 5.78 Å². The van der Waals surface area contributed by atoms with Crippen molar-refractivity contribution in [3.05, 3.63) is 29.3 Å². The quantitative estimate of drug-likeness (QED) is 0.539. The van der Waals surface area contributed by atoms with Crippen LogP contribution in [-0.4, -0.2) is 12.9 Å². The van der Waals surface area contributed by atoms with Crippen LogP contribution in [0.3, 0.4) is 0 Å². The zero-order chi connectivity index (χ0) is 12.0. The molecule has 0 spiro atoms. The van der Waals surface area contributed by atoms with Crippen molar-refractivity contribution in [3.63, 3.8) is 0 Å². The number of aryl methyl sites for hydroxylation is 1. The third-order valence-electron chi connectivity index (χ3n) is 2.74. The van der Waals surface area contributed by atoms with Crippen molar-refractivity contribution in [1.82, 2.24) is 0 Å². The SMILES string of the molecule is CCCCCC(=O)c1ccc(OC)cc1C. The van der Waals surface area contributed by atoms with Crippen LogP contribution in [0.2, 0.25) is 0 Å². The van der Waals surface area contributed by atoms with Gasteiger partial charge >= 0.3 is 0 Å². The molecule has 0 aliphatic rings. The summed E-state index contributed by atoms with van der Waals surface area (Å²) in [4.78, 5) is 11.9. The number of ether oxygens (including phenoxy) is 1. The van der Waals surface area contributed by atoms with Crippen LogP contribution in [0.4, 0.5) is 0 Å². The molecular weight excluding hydrogens is 200 g/mol. The Hall–Kier alpha value is -1.31. The topological polar surface area (TPSA) is 26.3 Å². The van der Waals surface area contributed by atoms with Gasteiger partial charge in [-0.3, -0.25) is 4.79 Å². The van der Waals surface area contributed by atoms with Crippen molar-refractivity contribution in [1.29, 1.82) is 0 Å². The van der Waals surface area contributed by atoms with E-state index in [9.17, 15) is 4.79 Å². The average molecular weight is 220 g/mol. The van der Waals surface area contributed by atoms with Crippen molar-refractivity contribution in [3.8, 4) is 5.75 Å². The number of rotatable bonds is 6. The van der Waals surface area contributed by atoms with Crippen LogP contribution in [0.15, 0.2) is 18.2 Å². The highest BCUT2D eigenvalue weighted by atomic mass is 16.5.